The zero-order chi connectivity index (χ0) is 19.9. The van der Waals surface area contributed by atoms with Gasteiger partial charge in [-0.1, -0.05) is 18.9 Å². The number of anilines is 1. The molecule has 0 spiro atoms. The molecule has 0 saturated carbocycles. The summed E-state index contributed by atoms with van der Waals surface area (Å²) in [6.07, 6.45) is 6.17. The minimum atomic E-state index is -0.484. The fraction of sp³-hybridized carbons (Fsp3) is 0.600. The van der Waals surface area contributed by atoms with Gasteiger partial charge in [-0.2, -0.15) is 0 Å². The molecule has 0 atom stereocenters. The van der Waals surface area contributed by atoms with Crippen molar-refractivity contribution in [3.8, 4) is 0 Å². The number of rotatable bonds is 5. The summed E-state index contributed by atoms with van der Waals surface area (Å²) in [6, 6.07) is 5.93. The van der Waals surface area contributed by atoms with Crippen LogP contribution in [0, 0.1) is 16.0 Å². The molecule has 2 saturated heterocycles. The molecule has 0 unspecified atom stereocenters. The Bertz CT molecular complexity index is 708. The SMILES string of the molecule is O=C(CN1CCC(C(=O)N2CCCCCC2)CC1)Nc1cccc([N+](=O)[O-])c1. The molecule has 8 nitrogen and oxygen atoms in total. The molecule has 2 aliphatic heterocycles. The van der Waals surface area contributed by atoms with Crippen LogP contribution in [0.2, 0.25) is 0 Å². The lowest BCUT2D eigenvalue weighted by Gasteiger charge is -2.33. The van der Waals surface area contributed by atoms with Gasteiger partial charge in [0.1, 0.15) is 0 Å². The molecule has 1 N–H and O–H groups in total. The Hall–Kier alpha value is -2.48. The van der Waals surface area contributed by atoms with Crippen molar-refractivity contribution in [2.45, 2.75) is 38.5 Å². The van der Waals surface area contributed by atoms with Gasteiger partial charge < -0.3 is 10.2 Å². The summed E-state index contributed by atoms with van der Waals surface area (Å²) in [5, 5.41) is 13.5. The number of carbonyl (C=O) groups is 2. The van der Waals surface area contributed by atoms with E-state index >= 15 is 0 Å². The van der Waals surface area contributed by atoms with Crippen LogP contribution in [0.15, 0.2) is 24.3 Å². The molecule has 0 radical (unpaired) electrons. The standard InChI is InChI=1S/C20H28N4O4/c25-19(21-17-6-5-7-18(14-17)24(27)28)15-22-12-8-16(9-13-22)20(26)23-10-3-1-2-4-11-23/h5-7,14,16H,1-4,8-13,15H2,(H,21,25). The summed E-state index contributed by atoms with van der Waals surface area (Å²) in [5.74, 6) is 0.148. The predicted molar refractivity (Wildman–Crippen MR) is 106 cm³/mol. The first kappa shape index (κ1) is 20.3. The molecular formula is C20H28N4O4. The normalized spacial score (nSPS) is 19.1. The lowest BCUT2D eigenvalue weighted by Crippen LogP contribution is -2.44. The first-order chi connectivity index (χ1) is 13.5. The highest BCUT2D eigenvalue weighted by atomic mass is 16.6. The number of non-ortho nitro benzene ring substituents is 1. The van der Waals surface area contributed by atoms with Crippen LogP contribution in [0.1, 0.15) is 38.5 Å². The number of piperidine rings is 1. The van der Waals surface area contributed by atoms with Crippen molar-refractivity contribution in [3.63, 3.8) is 0 Å². The highest BCUT2D eigenvalue weighted by molar-refractivity contribution is 5.92. The van der Waals surface area contributed by atoms with Crippen LogP contribution >= 0.6 is 0 Å². The fourth-order valence-corrected chi connectivity index (χ4v) is 3.99. The first-order valence-corrected chi connectivity index (χ1v) is 10.1. The van der Waals surface area contributed by atoms with Crippen LogP contribution in [0.3, 0.4) is 0 Å². The topological polar surface area (TPSA) is 95.8 Å². The molecular weight excluding hydrogens is 360 g/mol. The van der Waals surface area contributed by atoms with Crippen LogP contribution < -0.4 is 5.32 Å². The molecule has 3 rings (SSSR count). The summed E-state index contributed by atoms with van der Waals surface area (Å²) < 4.78 is 0. The van der Waals surface area contributed by atoms with Crippen molar-refractivity contribution >= 4 is 23.2 Å². The largest absolute Gasteiger partial charge is 0.342 e. The van der Waals surface area contributed by atoms with Crippen molar-refractivity contribution < 1.29 is 14.5 Å². The molecule has 0 bridgehead atoms. The summed E-state index contributed by atoms with van der Waals surface area (Å²) >= 11 is 0. The number of benzene rings is 1. The zero-order valence-electron chi connectivity index (χ0n) is 16.1. The molecule has 1 aromatic rings. The van der Waals surface area contributed by atoms with Gasteiger partial charge in [-0.25, -0.2) is 0 Å². The Kier molecular flexibility index (Phi) is 6.97. The molecule has 2 amide bonds. The van der Waals surface area contributed by atoms with Crippen molar-refractivity contribution in [1.82, 2.24) is 9.80 Å². The average Bonchev–Trinajstić information content (AvgIpc) is 2.97. The van der Waals surface area contributed by atoms with Crippen LogP contribution in [-0.2, 0) is 9.59 Å². The number of nitrogens with zero attached hydrogens (tertiary/aromatic N) is 3. The number of hydrogen-bond acceptors (Lipinski definition) is 5. The van der Waals surface area contributed by atoms with E-state index in [1.54, 1.807) is 12.1 Å². The maximum absolute atomic E-state index is 12.7. The van der Waals surface area contributed by atoms with Crippen LogP contribution in [0.25, 0.3) is 0 Å². The van der Waals surface area contributed by atoms with E-state index in [0.717, 1.165) is 38.8 Å². The number of nitro benzene ring substituents is 1. The van der Waals surface area contributed by atoms with Crippen molar-refractivity contribution in [2.75, 3.05) is 38.0 Å². The lowest BCUT2D eigenvalue weighted by atomic mass is 9.95. The van der Waals surface area contributed by atoms with Crippen molar-refractivity contribution in [2.24, 2.45) is 5.92 Å². The first-order valence-electron chi connectivity index (χ1n) is 10.1. The molecule has 2 heterocycles. The maximum Gasteiger partial charge on any atom is 0.271 e. The van der Waals surface area contributed by atoms with Gasteiger partial charge in [0.15, 0.2) is 0 Å². The number of carbonyl (C=O) groups excluding carboxylic acids is 2. The molecule has 0 aromatic heterocycles. The quantitative estimate of drug-likeness (QED) is 0.618. The number of likely N-dealkylation sites (tertiary alicyclic amines) is 2. The molecule has 1 aromatic carbocycles. The van der Waals surface area contributed by atoms with Gasteiger partial charge in [0.05, 0.1) is 11.5 Å². The molecule has 8 heteroatoms. The Morgan fingerprint density at radius 1 is 1.07 bits per heavy atom. The minimum Gasteiger partial charge on any atom is -0.342 e. The highest BCUT2D eigenvalue weighted by Gasteiger charge is 2.29. The Labute approximate surface area is 165 Å². The average molecular weight is 388 g/mol. The number of amides is 2. The number of nitro groups is 1. The second-order valence-corrected chi connectivity index (χ2v) is 7.65. The van der Waals surface area contributed by atoms with Gasteiger partial charge in [0.2, 0.25) is 11.8 Å². The van der Waals surface area contributed by atoms with E-state index in [1.165, 1.54) is 25.0 Å². The lowest BCUT2D eigenvalue weighted by molar-refractivity contribution is -0.384. The molecule has 28 heavy (non-hydrogen) atoms. The van der Waals surface area contributed by atoms with Gasteiger partial charge in [-0.3, -0.25) is 24.6 Å². The second kappa shape index (κ2) is 9.64. The van der Waals surface area contributed by atoms with E-state index in [0.29, 0.717) is 18.8 Å². The van der Waals surface area contributed by atoms with E-state index in [2.05, 4.69) is 5.32 Å². The van der Waals surface area contributed by atoms with E-state index in [4.69, 9.17) is 0 Å². The monoisotopic (exact) mass is 388 g/mol. The third-order valence-electron chi connectivity index (χ3n) is 5.56. The minimum absolute atomic E-state index is 0.0503. The van der Waals surface area contributed by atoms with Crippen LogP contribution in [-0.4, -0.2) is 59.3 Å². The Balaban J connectivity index is 1.44. The summed E-state index contributed by atoms with van der Waals surface area (Å²) in [6.45, 7) is 3.42. The Morgan fingerprint density at radius 2 is 1.75 bits per heavy atom. The summed E-state index contributed by atoms with van der Waals surface area (Å²) in [7, 11) is 0. The Morgan fingerprint density at radius 3 is 2.39 bits per heavy atom. The maximum atomic E-state index is 12.7. The predicted octanol–water partition coefficient (Wildman–Crippen LogP) is 2.65. The fourth-order valence-electron chi connectivity index (χ4n) is 3.99. The van der Waals surface area contributed by atoms with Gasteiger partial charge in [0, 0.05) is 36.8 Å². The van der Waals surface area contributed by atoms with Crippen molar-refractivity contribution in [3.05, 3.63) is 34.4 Å². The van der Waals surface area contributed by atoms with Gasteiger partial charge >= 0.3 is 0 Å². The van der Waals surface area contributed by atoms with E-state index in [-0.39, 0.29) is 30.0 Å². The number of nitrogens with one attached hydrogen (secondary N) is 1. The highest BCUT2D eigenvalue weighted by Crippen LogP contribution is 2.22. The van der Waals surface area contributed by atoms with Gasteiger partial charge in [0.25, 0.3) is 5.69 Å². The molecule has 0 aliphatic carbocycles. The molecule has 2 aliphatic rings. The third-order valence-corrected chi connectivity index (χ3v) is 5.56. The molecule has 2 fully saturated rings. The van der Waals surface area contributed by atoms with E-state index in [1.807, 2.05) is 9.80 Å². The summed E-state index contributed by atoms with van der Waals surface area (Å²) in [4.78, 5) is 39.4. The van der Waals surface area contributed by atoms with Gasteiger partial charge in [-0.15, -0.1) is 0 Å². The zero-order valence-corrected chi connectivity index (χ0v) is 16.1. The van der Waals surface area contributed by atoms with Crippen molar-refractivity contribution in [1.29, 1.82) is 0 Å². The van der Waals surface area contributed by atoms with E-state index in [9.17, 15) is 19.7 Å². The van der Waals surface area contributed by atoms with Crippen LogP contribution in [0.5, 0.6) is 0 Å². The number of hydrogen-bond donors (Lipinski definition) is 1. The summed E-state index contributed by atoms with van der Waals surface area (Å²) in [5.41, 5.74) is 0.371. The molecule has 152 valence electrons. The van der Waals surface area contributed by atoms with Crippen LogP contribution in [0.4, 0.5) is 11.4 Å². The third kappa shape index (κ3) is 5.51. The smallest absolute Gasteiger partial charge is 0.271 e. The second-order valence-electron chi connectivity index (χ2n) is 7.65. The van der Waals surface area contributed by atoms with Gasteiger partial charge in [-0.05, 0) is 44.8 Å². The van der Waals surface area contributed by atoms with E-state index < -0.39 is 4.92 Å².